The lowest BCUT2D eigenvalue weighted by atomic mass is 10.2. The summed E-state index contributed by atoms with van der Waals surface area (Å²) >= 11 is 6.22. The topological polar surface area (TPSA) is 29.9 Å². The molecule has 0 amide bonds. The molecule has 0 atom stereocenters. The Balaban J connectivity index is 1.89. The lowest BCUT2D eigenvalue weighted by Gasteiger charge is -2.11. The lowest BCUT2D eigenvalue weighted by molar-refractivity contribution is 0.834. The zero-order chi connectivity index (χ0) is 14.1. The number of benzene rings is 2. The Bertz CT molecular complexity index is 741. The van der Waals surface area contributed by atoms with Crippen molar-refractivity contribution >= 4 is 28.3 Å². The minimum atomic E-state index is 0.649. The first-order valence-electron chi connectivity index (χ1n) is 6.56. The molecule has 0 saturated carbocycles. The molecule has 3 aromatic rings. The summed E-state index contributed by atoms with van der Waals surface area (Å²) in [5, 5.41) is 4.12. The number of fused-ring (bicyclic) bond motifs is 1. The molecule has 1 aromatic heterocycles. The van der Waals surface area contributed by atoms with E-state index in [0.717, 1.165) is 33.1 Å². The van der Waals surface area contributed by atoms with Gasteiger partial charge in [-0.05, 0) is 30.7 Å². The summed E-state index contributed by atoms with van der Waals surface area (Å²) in [6.07, 6.45) is 0. The van der Waals surface area contributed by atoms with Gasteiger partial charge in [-0.25, -0.2) is 4.98 Å². The number of halogens is 1. The van der Waals surface area contributed by atoms with E-state index in [2.05, 4.69) is 20.9 Å². The summed E-state index contributed by atoms with van der Waals surface area (Å²) in [6.45, 7) is 2.69. The molecule has 102 valence electrons. The Morgan fingerprint density at radius 1 is 1.15 bits per heavy atom. The molecule has 3 nitrogen and oxygen atoms in total. The summed E-state index contributed by atoms with van der Waals surface area (Å²) in [5.74, 6) is 0.991. The van der Waals surface area contributed by atoms with Crippen molar-refractivity contribution in [3.8, 4) is 0 Å². The first-order valence-corrected chi connectivity index (χ1v) is 6.94. The number of anilines is 1. The molecule has 3 rings (SSSR count). The molecule has 0 radical (unpaired) electrons. The predicted octanol–water partition coefficient (Wildman–Crippen LogP) is 4.15. The van der Waals surface area contributed by atoms with Crippen LogP contribution >= 0.6 is 11.6 Å². The van der Waals surface area contributed by atoms with Crippen molar-refractivity contribution in [2.24, 2.45) is 7.05 Å². The van der Waals surface area contributed by atoms with E-state index in [0.29, 0.717) is 6.54 Å². The maximum atomic E-state index is 6.22. The van der Waals surface area contributed by atoms with Gasteiger partial charge in [0.2, 0.25) is 0 Å². The molecular formula is C16H16ClN3. The Morgan fingerprint density at radius 2 is 1.95 bits per heavy atom. The van der Waals surface area contributed by atoms with Crippen molar-refractivity contribution in [2.45, 2.75) is 13.5 Å². The number of rotatable bonds is 3. The van der Waals surface area contributed by atoms with Crippen LogP contribution in [0.2, 0.25) is 5.02 Å². The van der Waals surface area contributed by atoms with E-state index >= 15 is 0 Å². The van der Waals surface area contributed by atoms with Crippen LogP contribution in [-0.2, 0) is 13.6 Å². The highest BCUT2D eigenvalue weighted by atomic mass is 35.5. The van der Waals surface area contributed by atoms with Crippen molar-refractivity contribution < 1.29 is 0 Å². The Labute approximate surface area is 123 Å². The molecule has 0 aliphatic carbocycles. The number of para-hydroxylation sites is 3. The molecule has 1 N–H and O–H groups in total. The van der Waals surface area contributed by atoms with Crippen molar-refractivity contribution in [3.05, 3.63) is 58.9 Å². The second-order valence-electron chi connectivity index (χ2n) is 4.86. The highest BCUT2D eigenvalue weighted by Crippen LogP contribution is 2.26. The number of hydrogen-bond donors (Lipinski definition) is 1. The van der Waals surface area contributed by atoms with Crippen LogP contribution in [-0.4, -0.2) is 9.55 Å². The Morgan fingerprint density at radius 3 is 2.70 bits per heavy atom. The molecule has 2 aromatic carbocycles. The number of nitrogens with zero attached hydrogens (tertiary/aromatic N) is 2. The highest BCUT2D eigenvalue weighted by molar-refractivity contribution is 6.33. The first kappa shape index (κ1) is 13.0. The SMILES string of the molecule is Cc1cccc(Cl)c1NCc1nc2ccccc2n1C. The van der Waals surface area contributed by atoms with Crippen LogP contribution in [0.25, 0.3) is 11.0 Å². The van der Waals surface area contributed by atoms with E-state index in [-0.39, 0.29) is 0 Å². The monoisotopic (exact) mass is 285 g/mol. The first-order chi connectivity index (χ1) is 9.66. The molecule has 0 saturated heterocycles. The van der Waals surface area contributed by atoms with Crippen molar-refractivity contribution in [2.75, 3.05) is 5.32 Å². The molecule has 0 spiro atoms. The standard InChI is InChI=1S/C16H16ClN3/c1-11-6-5-7-12(17)16(11)18-10-15-19-13-8-3-4-9-14(13)20(15)2/h3-9,18H,10H2,1-2H3. The largest absolute Gasteiger partial charge is 0.376 e. The van der Waals surface area contributed by atoms with Crippen LogP contribution < -0.4 is 5.32 Å². The second kappa shape index (κ2) is 5.17. The third kappa shape index (κ3) is 2.25. The van der Waals surface area contributed by atoms with Gasteiger partial charge in [-0.3, -0.25) is 0 Å². The van der Waals surface area contributed by atoms with Gasteiger partial charge in [-0.2, -0.15) is 0 Å². The molecule has 0 unspecified atom stereocenters. The van der Waals surface area contributed by atoms with Gasteiger partial charge in [0, 0.05) is 7.05 Å². The van der Waals surface area contributed by atoms with E-state index in [1.165, 1.54) is 0 Å². The number of hydrogen-bond acceptors (Lipinski definition) is 2. The molecular weight excluding hydrogens is 270 g/mol. The van der Waals surface area contributed by atoms with Gasteiger partial charge in [-0.15, -0.1) is 0 Å². The summed E-state index contributed by atoms with van der Waals surface area (Å²) in [7, 11) is 2.03. The maximum absolute atomic E-state index is 6.22. The fraction of sp³-hybridized carbons (Fsp3) is 0.188. The van der Waals surface area contributed by atoms with Crippen LogP contribution in [0.3, 0.4) is 0 Å². The molecule has 0 aliphatic heterocycles. The molecule has 1 heterocycles. The molecule has 0 aliphatic rings. The highest BCUT2D eigenvalue weighted by Gasteiger charge is 2.08. The maximum Gasteiger partial charge on any atom is 0.128 e. The summed E-state index contributed by atoms with van der Waals surface area (Å²) in [4.78, 5) is 4.64. The lowest BCUT2D eigenvalue weighted by Crippen LogP contribution is -2.07. The number of nitrogens with one attached hydrogen (secondary N) is 1. The molecule has 4 heteroatoms. The predicted molar refractivity (Wildman–Crippen MR) is 84.2 cm³/mol. The van der Waals surface area contributed by atoms with Gasteiger partial charge in [0.05, 0.1) is 28.3 Å². The quantitative estimate of drug-likeness (QED) is 0.783. The Hall–Kier alpha value is -2.00. The zero-order valence-electron chi connectivity index (χ0n) is 11.5. The van der Waals surface area contributed by atoms with Crippen LogP contribution in [0.5, 0.6) is 0 Å². The van der Waals surface area contributed by atoms with Crippen molar-refractivity contribution in [1.82, 2.24) is 9.55 Å². The molecule has 0 bridgehead atoms. The third-order valence-corrected chi connectivity index (χ3v) is 3.84. The normalized spacial score (nSPS) is 10.9. The fourth-order valence-electron chi connectivity index (χ4n) is 2.38. The summed E-state index contributed by atoms with van der Waals surface area (Å²) < 4.78 is 2.11. The van der Waals surface area contributed by atoms with Gasteiger partial charge in [0.15, 0.2) is 0 Å². The summed E-state index contributed by atoms with van der Waals surface area (Å²) in [5.41, 5.74) is 4.26. The van der Waals surface area contributed by atoms with E-state index in [9.17, 15) is 0 Å². The van der Waals surface area contributed by atoms with Gasteiger partial charge < -0.3 is 9.88 Å². The molecule has 20 heavy (non-hydrogen) atoms. The van der Waals surface area contributed by atoms with Crippen molar-refractivity contribution in [1.29, 1.82) is 0 Å². The Kier molecular flexibility index (Phi) is 3.36. The van der Waals surface area contributed by atoms with E-state index in [1.54, 1.807) is 0 Å². The van der Waals surface area contributed by atoms with Gasteiger partial charge in [-0.1, -0.05) is 35.9 Å². The fourth-order valence-corrected chi connectivity index (χ4v) is 2.67. The third-order valence-electron chi connectivity index (χ3n) is 3.52. The average Bonchev–Trinajstić information content (AvgIpc) is 2.76. The number of aryl methyl sites for hydroxylation is 2. The van der Waals surface area contributed by atoms with E-state index in [4.69, 9.17) is 11.6 Å². The molecule has 0 fully saturated rings. The zero-order valence-corrected chi connectivity index (χ0v) is 12.3. The van der Waals surface area contributed by atoms with Crippen LogP contribution in [0.1, 0.15) is 11.4 Å². The minimum absolute atomic E-state index is 0.649. The number of aromatic nitrogens is 2. The smallest absolute Gasteiger partial charge is 0.128 e. The van der Waals surface area contributed by atoms with E-state index < -0.39 is 0 Å². The average molecular weight is 286 g/mol. The van der Waals surface area contributed by atoms with Crippen LogP contribution in [0.4, 0.5) is 5.69 Å². The minimum Gasteiger partial charge on any atom is -0.376 e. The van der Waals surface area contributed by atoms with Crippen LogP contribution in [0, 0.1) is 6.92 Å². The number of imidazole rings is 1. The van der Waals surface area contributed by atoms with E-state index in [1.807, 2.05) is 50.4 Å². The summed E-state index contributed by atoms with van der Waals surface area (Å²) in [6, 6.07) is 14.0. The second-order valence-corrected chi connectivity index (χ2v) is 5.27. The van der Waals surface area contributed by atoms with Gasteiger partial charge >= 0.3 is 0 Å². The van der Waals surface area contributed by atoms with Crippen LogP contribution in [0.15, 0.2) is 42.5 Å². The van der Waals surface area contributed by atoms with Gasteiger partial charge in [0.1, 0.15) is 5.82 Å². The van der Waals surface area contributed by atoms with Crippen molar-refractivity contribution in [3.63, 3.8) is 0 Å². The van der Waals surface area contributed by atoms with Gasteiger partial charge in [0.25, 0.3) is 0 Å².